The molecule has 0 spiro atoms. The molecule has 39 heavy (non-hydrogen) atoms. The highest BCUT2D eigenvalue weighted by Crippen LogP contribution is 2.26. The number of nitrogens with zero attached hydrogens (tertiary/aromatic N) is 2. The van der Waals surface area contributed by atoms with E-state index in [0.717, 1.165) is 17.5 Å². The van der Waals surface area contributed by atoms with Crippen molar-refractivity contribution < 1.29 is 28.5 Å². The molecule has 0 heterocycles. The zero-order chi connectivity index (χ0) is 29.6. The van der Waals surface area contributed by atoms with Gasteiger partial charge in [0.05, 0.1) is 32.4 Å². The number of aryl methyl sites for hydroxylation is 1. The van der Waals surface area contributed by atoms with Crippen LogP contribution in [0.5, 0.6) is 0 Å². The number of benzene rings is 1. The predicted octanol–water partition coefficient (Wildman–Crippen LogP) is 1.50. The van der Waals surface area contributed by atoms with Crippen molar-refractivity contribution in [2.24, 2.45) is 38.3 Å². The monoisotopic (exact) mass is 550 g/mol. The van der Waals surface area contributed by atoms with Crippen LogP contribution in [0.3, 0.4) is 0 Å². The average molecular weight is 551 g/mol. The molecule has 0 aromatic heterocycles. The molecule has 0 saturated heterocycles. The van der Waals surface area contributed by atoms with E-state index in [2.05, 4.69) is 9.98 Å². The summed E-state index contributed by atoms with van der Waals surface area (Å²) in [5.74, 6) is -1.64. The van der Waals surface area contributed by atoms with Gasteiger partial charge < -0.3 is 41.9 Å². The zero-order valence-corrected chi connectivity index (χ0v) is 24.1. The Bertz CT molecular complexity index is 957. The summed E-state index contributed by atoms with van der Waals surface area (Å²) in [6.07, 6.45) is 0.0923. The van der Waals surface area contributed by atoms with Gasteiger partial charge in [-0.2, -0.15) is 0 Å². The van der Waals surface area contributed by atoms with Gasteiger partial charge >= 0.3 is 11.9 Å². The first kappa shape index (κ1) is 33.6. The van der Waals surface area contributed by atoms with E-state index in [1.165, 1.54) is 0 Å². The van der Waals surface area contributed by atoms with Crippen LogP contribution >= 0.6 is 0 Å². The number of hydrogen-bond acceptors (Lipinski definition) is 8. The number of guanidine groups is 2. The fraction of sp³-hybridized carbons (Fsp3) is 0.630. The van der Waals surface area contributed by atoms with Crippen molar-refractivity contribution in [3.05, 3.63) is 35.4 Å². The van der Waals surface area contributed by atoms with Crippen molar-refractivity contribution in [2.45, 2.75) is 78.8 Å². The summed E-state index contributed by atoms with van der Waals surface area (Å²) < 4.78 is 23.2. The molecule has 0 aliphatic rings. The summed E-state index contributed by atoms with van der Waals surface area (Å²) in [6.45, 7) is 10.7. The number of ether oxygens (including phenoxy) is 4. The summed E-state index contributed by atoms with van der Waals surface area (Å²) in [5.41, 5.74) is 21.2. The largest absolute Gasteiger partial charge is 0.462 e. The lowest BCUT2D eigenvalue weighted by Gasteiger charge is -2.32. The number of aliphatic imine (C=N–C) groups is 2. The van der Waals surface area contributed by atoms with Crippen molar-refractivity contribution in [2.75, 3.05) is 26.3 Å². The molecule has 3 atom stereocenters. The van der Waals surface area contributed by atoms with E-state index in [9.17, 15) is 9.59 Å². The molecule has 3 unspecified atom stereocenters. The molecule has 1 rings (SSSR count). The standard InChI is InChI=1S/C27H46N6O6/c1-7-19(4)36-16-26(5,22(34)39-21(13-32-24(28)29)14-33-25(30)31)17-37-23(35)27(6,8-2)38-15-20-11-9-18(3)10-12-20/h9-12,19,21H,7-8,13-17H2,1-6H3,(H4,28,29,32)(H4,30,31,33). The first-order valence-electron chi connectivity index (χ1n) is 13.0. The Balaban J connectivity index is 3.04. The molecule has 12 heteroatoms. The lowest BCUT2D eigenvalue weighted by molar-refractivity contribution is -0.184. The normalized spacial score (nSPS) is 14.9. The van der Waals surface area contributed by atoms with Crippen LogP contribution in [-0.4, -0.2) is 68.0 Å². The maximum Gasteiger partial charge on any atom is 0.338 e. The molecule has 8 N–H and O–H groups in total. The minimum absolute atomic E-state index is 0.0570. The van der Waals surface area contributed by atoms with E-state index in [-0.39, 0.29) is 50.9 Å². The number of hydrogen-bond donors (Lipinski definition) is 4. The van der Waals surface area contributed by atoms with Gasteiger partial charge in [-0.1, -0.05) is 43.7 Å². The molecule has 0 aliphatic carbocycles. The molecular weight excluding hydrogens is 504 g/mol. The highest BCUT2D eigenvalue weighted by atomic mass is 16.6. The third-order valence-corrected chi connectivity index (χ3v) is 6.29. The molecular formula is C27H46N6O6. The van der Waals surface area contributed by atoms with E-state index in [0.29, 0.717) is 6.42 Å². The Morgan fingerprint density at radius 3 is 1.97 bits per heavy atom. The molecule has 1 aromatic carbocycles. The molecule has 0 amide bonds. The number of carbonyl (C=O) groups is 2. The smallest absolute Gasteiger partial charge is 0.338 e. The summed E-state index contributed by atoms with van der Waals surface area (Å²) in [4.78, 5) is 34.4. The second kappa shape index (κ2) is 15.9. The van der Waals surface area contributed by atoms with Crippen LogP contribution in [0.1, 0.15) is 58.6 Å². The van der Waals surface area contributed by atoms with Gasteiger partial charge in [0.1, 0.15) is 18.1 Å². The van der Waals surface area contributed by atoms with Gasteiger partial charge in [-0.05, 0) is 46.1 Å². The van der Waals surface area contributed by atoms with Crippen LogP contribution < -0.4 is 22.9 Å². The Morgan fingerprint density at radius 1 is 0.923 bits per heavy atom. The minimum Gasteiger partial charge on any atom is -0.462 e. The Labute approximate surface area is 231 Å². The molecule has 0 fully saturated rings. The first-order valence-corrected chi connectivity index (χ1v) is 13.0. The summed E-state index contributed by atoms with van der Waals surface area (Å²) >= 11 is 0. The number of carbonyl (C=O) groups excluding carboxylic acids is 2. The van der Waals surface area contributed by atoms with Crippen LogP contribution in [0.25, 0.3) is 0 Å². The highest BCUT2D eigenvalue weighted by Gasteiger charge is 2.42. The maximum atomic E-state index is 13.4. The minimum atomic E-state index is -1.35. The van der Waals surface area contributed by atoms with Gasteiger partial charge in [-0.25, -0.2) is 14.8 Å². The third kappa shape index (κ3) is 11.9. The quantitative estimate of drug-likeness (QED) is 0.125. The van der Waals surface area contributed by atoms with Gasteiger partial charge in [0.2, 0.25) is 0 Å². The van der Waals surface area contributed by atoms with E-state index in [1.807, 2.05) is 52.0 Å². The second-order valence-electron chi connectivity index (χ2n) is 10.1. The molecule has 0 bridgehead atoms. The van der Waals surface area contributed by atoms with Crippen molar-refractivity contribution in [3.8, 4) is 0 Å². The summed E-state index contributed by atoms with van der Waals surface area (Å²) in [6, 6.07) is 7.83. The van der Waals surface area contributed by atoms with Crippen molar-refractivity contribution in [3.63, 3.8) is 0 Å². The van der Waals surface area contributed by atoms with Crippen LogP contribution in [0, 0.1) is 12.3 Å². The van der Waals surface area contributed by atoms with Gasteiger partial charge in [0, 0.05) is 0 Å². The van der Waals surface area contributed by atoms with Crippen LogP contribution in [0.2, 0.25) is 0 Å². The lowest BCUT2D eigenvalue weighted by atomic mass is 9.92. The predicted molar refractivity (Wildman–Crippen MR) is 151 cm³/mol. The summed E-state index contributed by atoms with van der Waals surface area (Å²) in [5, 5.41) is 0. The van der Waals surface area contributed by atoms with Gasteiger partial charge in [-0.15, -0.1) is 0 Å². The second-order valence-corrected chi connectivity index (χ2v) is 10.1. The number of esters is 2. The third-order valence-electron chi connectivity index (χ3n) is 6.29. The molecule has 12 nitrogen and oxygen atoms in total. The van der Waals surface area contributed by atoms with E-state index in [4.69, 9.17) is 41.9 Å². The summed E-state index contributed by atoms with van der Waals surface area (Å²) in [7, 11) is 0. The Kier molecular flexibility index (Phi) is 13.7. The van der Waals surface area contributed by atoms with Crippen LogP contribution in [0.15, 0.2) is 34.3 Å². The molecule has 0 saturated carbocycles. The van der Waals surface area contributed by atoms with Crippen LogP contribution in [0.4, 0.5) is 0 Å². The average Bonchev–Trinajstić information content (AvgIpc) is 2.90. The fourth-order valence-corrected chi connectivity index (χ4v) is 3.05. The maximum absolute atomic E-state index is 13.4. The van der Waals surface area contributed by atoms with Gasteiger partial charge in [-0.3, -0.25) is 4.79 Å². The first-order chi connectivity index (χ1) is 18.2. The lowest BCUT2D eigenvalue weighted by Crippen LogP contribution is -2.46. The zero-order valence-electron chi connectivity index (χ0n) is 24.1. The molecule has 0 radical (unpaired) electrons. The molecule has 1 aromatic rings. The van der Waals surface area contributed by atoms with E-state index in [1.54, 1.807) is 13.8 Å². The van der Waals surface area contributed by atoms with Crippen LogP contribution in [-0.2, 0) is 35.1 Å². The van der Waals surface area contributed by atoms with E-state index >= 15 is 0 Å². The molecule has 220 valence electrons. The number of nitrogens with two attached hydrogens (primary N) is 4. The molecule has 0 aliphatic heterocycles. The van der Waals surface area contributed by atoms with Crippen molar-refractivity contribution in [1.82, 2.24) is 0 Å². The van der Waals surface area contributed by atoms with Crippen molar-refractivity contribution >= 4 is 23.9 Å². The Hall–Kier alpha value is -3.38. The topological polar surface area (TPSA) is 200 Å². The van der Waals surface area contributed by atoms with Gasteiger partial charge in [0.15, 0.2) is 17.5 Å². The fourth-order valence-electron chi connectivity index (χ4n) is 3.05. The SMILES string of the molecule is CCC(C)OCC(C)(COC(=O)C(C)(CC)OCc1ccc(C)cc1)C(=O)OC(CN=C(N)N)CN=C(N)N. The Morgan fingerprint density at radius 2 is 1.49 bits per heavy atom. The van der Waals surface area contributed by atoms with Crippen molar-refractivity contribution in [1.29, 1.82) is 0 Å². The number of rotatable bonds is 17. The van der Waals surface area contributed by atoms with E-state index < -0.39 is 29.1 Å². The highest BCUT2D eigenvalue weighted by molar-refractivity contribution is 5.81. The van der Waals surface area contributed by atoms with Gasteiger partial charge in [0.25, 0.3) is 0 Å².